The Hall–Kier alpha value is -2.37. The van der Waals surface area contributed by atoms with Gasteiger partial charge in [-0.05, 0) is 37.3 Å². The fourth-order valence-corrected chi connectivity index (χ4v) is 2.47. The van der Waals surface area contributed by atoms with Crippen LogP contribution in [0.25, 0.3) is 5.82 Å². The van der Waals surface area contributed by atoms with Gasteiger partial charge in [0.2, 0.25) is 0 Å². The molecule has 0 aliphatic heterocycles. The summed E-state index contributed by atoms with van der Waals surface area (Å²) in [5, 5.41) is 3.53. The zero-order chi connectivity index (χ0) is 16.4. The van der Waals surface area contributed by atoms with Gasteiger partial charge in [0.25, 0.3) is 5.91 Å². The Labute approximate surface area is 142 Å². The molecule has 0 radical (unpaired) electrons. The third-order valence-electron chi connectivity index (χ3n) is 3.25. The van der Waals surface area contributed by atoms with Crippen LogP contribution >= 0.6 is 23.2 Å². The number of carbonyl (C=O) groups is 1. The highest BCUT2D eigenvalue weighted by Crippen LogP contribution is 2.22. The molecule has 3 rings (SSSR count). The average Bonchev–Trinajstić information content (AvgIpc) is 2.96. The third-order valence-corrected chi connectivity index (χ3v) is 3.82. The molecule has 0 bridgehead atoms. The number of nitrogens with zero attached hydrogens (tertiary/aromatic N) is 3. The van der Waals surface area contributed by atoms with Crippen molar-refractivity contribution >= 4 is 34.8 Å². The molecular weight excluding hydrogens is 335 g/mol. The summed E-state index contributed by atoms with van der Waals surface area (Å²) in [6.07, 6.45) is 5.10. The van der Waals surface area contributed by atoms with Gasteiger partial charge >= 0.3 is 0 Å². The minimum atomic E-state index is -0.342. The van der Waals surface area contributed by atoms with E-state index >= 15 is 0 Å². The van der Waals surface area contributed by atoms with E-state index in [2.05, 4.69) is 15.3 Å². The van der Waals surface area contributed by atoms with E-state index in [-0.39, 0.29) is 5.91 Å². The Kier molecular flexibility index (Phi) is 4.32. The Morgan fingerprint density at radius 2 is 2.00 bits per heavy atom. The van der Waals surface area contributed by atoms with Gasteiger partial charge in [-0.2, -0.15) is 0 Å². The summed E-state index contributed by atoms with van der Waals surface area (Å²) in [4.78, 5) is 20.7. The number of benzene rings is 1. The van der Waals surface area contributed by atoms with Crippen molar-refractivity contribution in [3.05, 3.63) is 70.4 Å². The number of aryl methyl sites for hydroxylation is 1. The normalized spacial score (nSPS) is 10.6. The molecule has 5 nitrogen and oxygen atoms in total. The molecule has 7 heteroatoms. The summed E-state index contributed by atoms with van der Waals surface area (Å²) >= 11 is 11.9. The summed E-state index contributed by atoms with van der Waals surface area (Å²) in [6, 6.07) is 8.30. The molecule has 23 heavy (non-hydrogen) atoms. The standard InChI is InChI=1S/C16H12Cl2N4O/c1-10-19-6-7-22(10)15-5-3-12(9-20-15)21-16(23)13-8-11(17)2-4-14(13)18/h2-9H,1H3,(H,21,23). The molecule has 116 valence electrons. The number of anilines is 1. The van der Waals surface area contributed by atoms with Crippen LogP contribution in [-0.4, -0.2) is 20.4 Å². The fraction of sp³-hybridized carbons (Fsp3) is 0.0625. The molecule has 1 N–H and O–H groups in total. The highest BCUT2D eigenvalue weighted by molar-refractivity contribution is 6.36. The maximum atomic E-state index is 12.3. The van der Waals surface area contributed by atoms with Crippen LogP contribution in [0.15, 0.2) is 48.9 Å². The lowest BCUT2D eigenvalue weighted by Crippen LogP contribution is -2.13. The van der Waals surface area contributed by atoms with E-state index in [0.29, 0.717) is 21.3 Å². The zero-order valence-electron chi connectivity index (χ0n) is 12.1. The maximum absolute atomic E-state index is 12.3. The van der Waals surface area contributed by atoms with Crippen LogP contribution in [0.5, 0.6) is 0 Å². The van der Waals surface area contributed by atoms with Gasteiger partial charge in [0.05, 0.1) is 22.5 Å². The molecule has 0 atom stereocenters. The number of pyridine rings is 1. The minimum Gasteiger partial charge on any atom is -0.321 e. The number of carbonyl (C=O) groups excluding carboxylic acids is 1. The van der Waals surface area contributed by atoms with Gasteiger partial charge in [-0.1, -0.05) is 23.2 Å². The van der Waals surface area contributed by atoms with Crippen molar-refractivity contribution in [2.24, 2.45) is 0 Å². The number of amides is 1. The van der Waals surface area contributed by atoms with Gasteiger partial charge in [-0.25, -0.2) is 9.97 Å². The lowest BCUT2D eigenvalue weighted by molar-refractivity contribution is 0.102. The lowest BCUT2D eigenvalue weighted by atomic mass is 10.2. The summed E-state index contributed by atoms with van der Waals surface area (Å²) < 4.78 is 1.85. The molecule has 2 heterocycles. The molecule has 1 aromatic carbocycles. The van der Waals surface area contributed by atoms with Crippen molar-refractivity contribution < 1.29 is 4.79 Å². The summed E-state index contributed by atoms with van der Waals surface area (Å²) in [7, 11) is 0. The fourth-order valence-electron chi connectivity index (χ4n) is 2.09. The van der Waals surface area contributed by atoms with Gasteiger partial charge in [0.15, 0.2) is 0 Å². The monoisotopic (exact) mass is 346 g/mol. The summed E-state index contributed by atoms with van der Waals surface area (Å²) in [6.45, 7) is 1.89. The molecule has 0 aliphatic carbocycles. The zero-order valence-corrected chi connectivity index (χ0v) is 13.6. The highest BCUT2D eigenvalue weighted by Gasteiger charge is 2.12. The molecule has 0 unspecified atom stereocenters. The second kappa shape index (κ2) is 6.40. The third kappa shape index (κ3) is 3.36. The van der Waals surface area contributed by atoms with Crippen LogP contribution in [0.1, 0.15) is 16.2 Å². The van der Waals surface area contributed by atoms with Crippen molar-refractivity contribution in [2.45, 2.75) is 6.92 Å². The highest BCUT2D eigenvalue weighted by atomic mass is 35.5. The second-order valence-corrected chi connectivity index (χ2v) is 5.67. The lowest BCUT2D eigenvalue weighted by Gasteiger charge is -2.08. The van der Waals surface area contributed by atoms with E-state index in [4.69, 9.17) is 23.2 Å². The van der Waals surface area contributed by atoms with Crippen LogP contribution < -0.4 is 5.32 Å². The van der Waals surface area contributed by atoms with Crippen LogP contribution in [0.3, 0.4) is 0 Å². The molecule has 3 aromatic rings. The topological polar surface area (TPSA) is 59.8 Å². The van der Waals surface area contributed by atoms with E-state index in [1.54, 1.807) is 36.7 Å². The van der Waals surface area contributed by atoms with E-state index < -0.39 is 0 Å². The van der Waals surface area contributed by atoms with Crippen molar-refractivity contribution in [2.75, 3.05) is 5.32 Å². The number of hydrogen-bond acceptors (Lipinski definition) is 3. The largest absolute Gasteiger partial charge is 0.321 e. The van der Waals surface area contributed by atoms with Crippen LogP contribution in [0, 0.1) is 6.92 Å². The average molecular weight is 347 g/mol. The Morgan fingerprint density at radius 3 is 2.65 bits per heavy atom. The maximum Gasteiger partial charge on any atom is 0.257 e. The van der Waals surface area contributed by atoms with Crippen molar-refractivity contribution in [3.8, 4) is 5.82 Å². The predicted molar refractivity (Wildman–Crippen MR) is 90.5 cm³/mol. The Morgan fingerprint density at radius 1 is 1.17 bits per heavy atom. The first-order chi connectivity index (χ1) is 11.0. The quantitative estimate of drug-likeness (QED) is 0.775. The number of halogens is 2. The summed E-state index contributed by atoms with van der Waals surface area (Å²) in [5.74, 6) is 1.21. The van der Waals surface area contributed by atoms with E-state index in [1.807, 2.05) is 17.7 Å². The van der Waals surface area contributed by atoms with Gasteiger partial charge in [-0.15, -0.1) is 0 Å². The minimum absolute atomic E-state index is 0.314. The van der Waals surface area contributed by atoms with Crippen LogP contribution in [-0.2, 0) is 0 Å². The molecule has 1 amide bonds. The second-order valence-electron chi connectivity index (χ2n) is 4.83. The van der Waals surface area contributed by atoms with E-state index in [9.17, 15) is 4.79 Å². The number of nitrogens with one attached hydrogen (secondary N) is 1. The Balaban J connectivity index is 1.79. The number of hydrogen-bond donors (Lipinski definition) is 1. The number of aromatic nitrogens is 3. The predicted octanol–water partition coefficient (Wildman–Crippen LogP) is 4.13. The van der Waals surface area contributed by atoms with Gasteiger partial charge in [0, 0.05) is 17.4 Å². The van der Waals surface area contributed by atoms with Gasteiger partial charge in [0.1, 0.15) is 11.6 Å². The first-order valence-electron chi connectivity index (χ1n) is 6.77. The molecule has 2 aromatic heterocycles. The van der Waals surface area contributed by atoms with E-state index in [1.165, 1.54) is 6.07 Å². The molecule has 0 aliphatic rings. The molecule has 0 saturated carbocycles. The van der Waals surface area contributed by atoms with Gasteiger partial charge in [-0.3, -0.25) is 9.36 Å². The molecular formula is C16H12Cl2N4O. The van der Waals surface area contributed by atoms with Crippen molar-refractivity contribution in [1.29, 1.82) is 0 Å². The van der Waals surface area contributed by atoms with Crippen molar-refractivity contribution in [3.63, 3.8) is 0 Å². The first kappa shape index (κ1) is 15.5. The first-order valence-corrected chi connectivity index (χ1v) is 7.53. The van der Waals surface area contributed by atoms with Crippen LogP contribution in [0.4, 0.5) is 5.69 Å². The number of imidazole rings is 1. The number of rotatable bonds is 3. The SMILES string of the molecule is Cc1nccn1-c1ccc(NC(=O)c2cc(Cl)ccc2Cl)cn1. The molecule has 0 saturated heterocycles. The van der Waals surface area contributed by atoms with Crippen LogP contribution in [0.2, 0.25) is 10.0 Å². The molecule has 0 fully saturated rings. The molecule has 0 spiro atoms. The van der Waals surface area contributed by atoms with Crippen molar-refractivity contribution in [1.82, 2.24) is 14.5 Å². The van der Waals surface area contributed by atoms with Gasteiger partial charge < -0.3 is 5.32 Å². The van der Waals surface area contributed by atoms with E-state index in [0.717, 1.165) is 11.6 Å². The smallest absolute Gasteiger partial charge is 0.257 e. The summed E-state index contributed by atoms with van der Waals surface area (Å²) in [5.41, 5.74) is 0.876. The Bertz CT molecular complexity index is 859.